The van der Waals surface area contributed by atoms with Crippen LogP contribution in [0.3, 0.4) is 0 Å². The van der Waals surface area contributed by atoms with Crippen molar-refractivity contribution >= 4 is 11.7 Å². The third kappa shape index (κ3) is 4.25. The van der Waals surface area contributed by atoms with Gasteiger partial charge < -0.3 is 10.0 Å². The monoisotopic (exact) mass is 319 g/mol. The molecule has 2 aromatic heterocycles. The van der Waals surface area contributed by atoms with E-state index in [1.165, 1.54) is 0 Å². The Labute approximate surface area is 136 Å². The average Bonchev–Trinajstić information content (AvgIpc) is 2.85. The molecular formula is C16H25N5O2. The number of aromatic nitrogens is 4. The molecule has 0 aliphatic rings. The van der Waals surface area contributed by atoms with Gasteiger partial charge >= 0.3 is 0 Å². The lowest BCUT2D eigenvalue weighted by Crippen LogP contribution is -2.39. The van der Waals surface area contributed by atoms with Crippen molar-refractivity contribution in [2.45, 2.75) is 41.0 Å². The average molecular weight is 319 g/mol. The minimum Gasteiger partial charge on any atom is -0.396 e. The van der Waals surface area contributed by atoms with E-state index in [1.807, 2.05) is 19.9 Å². The van der Waals surface area contributed by atoms with Crippen LogP contribution < -0.4 is 0 Å². The molecule has 23 heavy (non-hydrogen) atoms. The SMILES string of the molecule is Cc1cc(C)n2nc(C(=O)N(CCCO)CC(C)(C)C)nc2n1. The Kier molecular flexibility index (Phi) is 4.99. The van der Waals surface area contributed by atoms with E-state index in [1.54, 1.807) is 9.42 Å². The predicted molar refractivity (Wildman–Crippen MR) is 87.3 cm³/mol. The molecule has 0 bridgehead atoms. The molecule has 126 valence electrons. The number of fused-ring (bicyclic) bond motifs is 1. The van der Waals surface area contributed by atoms with Gasteiger partial charge in [-0.2, -0.15) is 4.98 Å². The van der Waals surface area contributed by atoms with Crippen molar-refractivity contribution in [3.63, 3.8) is 0 Å². The van der Waals surface area contributed by atoms with Crippen LogP contribution in [0.4, 0.5) is 0 Å². The number of hydrogen-bond acceptors (Lipinski definition) is 5. The van der Waals surface area contributed by atoms with Crippen LogP contribution in [0.1, 0.15) is 49.2 Å². The van der Waals surface area contributed by atoms with Crippen molar-refractivity contribution in [3.8, 4) is 0 Å². The topological polar surface area (TPSA) is 83.6 Å². The molecule has 7 heteroatoms. The van der Waals surface area contributed by atoms with E-state index in [2.05, 4.69) is 35.8 Å². The number of aryl methyl sites for hydroxylation is 2. The van der Waals surface area contributed by atoms with Crippen LogP contribution in [-0.2, 0) is 0 Å². The molecule has 1 N–H and O–H groups in total. The van der Waals surface area contributed by atoms with Crippen molar-refractivity contribution < 1.29 is 9.90 Å². The molecule has 2 aromatic rings. The summed E-state index contributed by atoms with van der Waals surface area (Å²) < 4.78 is 1.58. The normalized spacial score (nSPS) is 11.9. The highest BCUT2D eigenvalue weighted by atomic mass is 16.3. The minimum atomic E-state index is -0.226. The van der Waals surface area contributed by atoms with Gasteiger partial charge in [0.1, 0.15) is 0 Å². The lowest BCUT2D eigenvalue weighted by Gasteiger charge is -2.29. The summed E-state index contributed by atoms with van der Waals surface area (Å²) >= 11 is 0. The molecule has 0 radical (unpaired) electrons. The van der Waals surface area contributed by atoms with Crippen molar-refractivity contribution in [2.24, 2.45) is 5.41 Å². The Morgan fingerprint density at radius 2 is 2.00 bits per heavy atom. The number of aliphatic hydroxyl groups is 1. The number of carbonyl (C=O) groups excluding carboxylic acids is 1. The fourth-order valence-electron chi connectivity index (χ4n) is 2.48. The van der Waals surface area contributed by atoms with Crippen molar-refractivity contribution in [2.75, 3.05) is 19.7 Å². The predicted octanol–water partition coefficient (Wildman–Crippen LogP) is 1.61. The van der Waals surface area contributed by atoms with Crippen LogP contribution in [0.25, 0.3) is 5.78 Å². The number of amides is 1. The van der Waals surface area contributed by atoms with Gasteiger partial charge in [0.2, 0.25) is 5.82 Å². The molecular weight excluding hydrogens is 294 g/mol. The Morgan fingerprint density at radius 1 is 1.30 bits per heavy atom. The lowest BCUT2D eigenvalue weighted by atomic mass is 9.96. The number of hydrogen-bond donors (Lipinski definition) is 1. The van der Waals surface area contributed by atoms with Crippen LogP contribution in [0.5, 0.6) is 0 Å². The summed E-state index contributed by atoms with van der Waals surface area (Å²) in [5.41, 5.74) is 1.68. The standard InChI is InChI=1S/C16H25N5O2/c1-11-9-12(2)21-15(17-11)18-13(19-21)14(23)20(7-6-8-22)10-16(3,4)5/h9,22H,6-8,10H2,1-5H3. The van der Waals surface area contributed by atoms with Crippen LogP contribution in [0.15, 0.2) is 6.07 Å². The molecule has 0 aromatic carbocycles. The molecule has 7 nitrogen and oxygen atoms in total. The van der Waals surface area contributed by atoms with E-state index in [0.29, 0.717) is 25.3 Å². The van der Waals surface area contributed by atoms with Crippen LogP contribution >= 0.6 is 0 Å². The van der Waals surface area contributed by atoms with Gasteiger partial charge in [-0.1, -0.05) is 20.8 Å². The van der Waals surface area contributed by atoms with Crippen molar-refractivity contribution in [1.29, 1.82) is 0 Å². The molecule has 2 rings (SSSR count). The fourth-order valence-corrected chi connectivity index (χ4v) is 2.48. The highest BCUT2D eigenvalue weighted by Gasteiger charge is 2.25. The van der Waals surface area contributed by atoms with Crippen LogP contribution in [0.2, 0.25) is 0 Å². The van der Waals surface area contributed by atoms with Gasteiger partial charge in [-0.05, 0) is 31.7 Å². The Morgan fingerprint density at radius 3 is 2.61 bits per heavy atom. The molecule has 0 unspecified atom stereocenters. The van der Waals surface area contributed by atoms with E-state index in [9.17, 15) is 4.79 Å². The number of aliphatic hydroxyl groups excluding tert-OH is 1. The second-order valence-corrected chi connectivity index (χ2v) is 7.05. The van der Waals surface area contributed by atoms with Gasteiger partial charge in [0, 0.05) is 31.1 Å². The summed E-state index contributed by atoms with van der Waals surface area (Å²) in [4.78, 5) is 23.1. The summed E-state index contributed by atoms with van der Waals surface area (Å²) in [5, 5.41) is 13.4. The number of nitrogens with zero attached hydrogens (tertiary/aromatic N) is 5. The first-order chi connectivity index (χ1) is 10.7. The molecule has 0 spiro atoms. The molecule has 2 heterocycles. The highest BCUT2D eigenvalue weighted by molar-refractivity contribution is 5.90. The number of carbonyl (C=O) groups is 1. The smallest absolute Gasteiger partial charge is 0.293 e. The van der Waals surface area contributed by atoms with E-state index in [-0.39, 0.29) is 23.8 Å². The maximum absolute atomic E-state index is 12.8. The first-order valence-electron chi connectivity index (χ1n) is 7.82. The molecule has 1 amide bonds. The van der Waals surface area contributed by atoms with Gasteiger partial charge in [0.05, 0.1) is 0 Å². The van der Waals surface area contributed by atoms with Crippen LogP contribution in [0, 0.1) is 19.3 Å². The maximum Gasteiger partial charge on any atom is 0.293 e. The highest BCUT2D eigenvalue weighted by Crippen LogP contribution is 2.17. The molecule has 0 aliphatic carbocycles. The Hall–Kier alpha value is -2.02. The zero-order valence-corrected chi connectivity index (χ0v) is 14.5. The molecule has 0 aliphatic heterocycles. The molecule has 0 fully saturated rings. The zero-order chi connectivity index (χ0) is 17.2. The first-order valence-corrected chi connectivity index (χ1v) is 7.82. The first kappa shape index (κ1) is 17.3. The quantitative estimate of drug-likeness (QED) is 0.905. The van der Waals surface area contributed by atoms with Gasteiger partial charge in [-0.3, -0.25) is 4.79 Å². The Bertz CT molecular complexity index is 702. The van der Waals surface area contributed by atoms with Gasteiger partial charge in [-0.25, -0.2) is 9.50 Å². The van der Waals surface area contributed by atoms with Gasteiger partial charge in [-0.15, -0.1) is 5.10 Å². The van der Waals surface area contributed by atoms with Crippen molar-refractivity contribution in [1.82, 2.24) is 24.5 Å². The van der Waals surface area contributed by atoms with E-state index in [0.717, 1.165) is 11.4 Å². The summed E-state index contributed by atoms with van der Waals surface area (Å²) in [6, 6.07) is 1.90. The third-order valence-electron chi connectivity index (χ3n) is 3.35. The summed E-state index contributed by atoms with van der Waals surface area (Å²) in [6.45, 7) is 11.1. The Balaban J connectivity index is 2.33. The van der Waals surface area contributed by atoms with E-state index < -0.39 is 0 Å². The minimum absolute atomic E-state index is 0.0466. The second kappa shape index (κ2) is 6.62. The largest absolute Gasteiger partial charge is 0.396 e. The number of rotatable bonds is 5. The molecule has 0 saturated carbocycles. The maximum atomic E-state index is 12.8. The third-order valence-corrected chi connectivity index (χ3v) is 3.35. The lowest BCUT2D eigenvalue weighted by molar-refractivity contribution is 0.0670. The zero-order valence-electron chi connectivity index (χ0n) is 14.5. The summed E-state index contributed by atoms with van der Waals surface area (Å²) in [7, 11) is 0. The van der Waals surface area contributed by atoms with Gasteiger partial charge in [0.25, 0.3) is 11.7 Å². The van der Waals surface area contributed by atoms with E-state index >= 15 is 0 Å². The molecule has 0 saturated heterocycles. The second-order valence-electron chi connectivity index (χ2n) is 7.05. The van der Waals surface area contributed by atoms with Gasteiger partial charge in [0.15, 0.2) is 0 Å². The molecule has 0 atom stereocenters. The summed E-state index contributed by atoms with van der Waals surface area (Å²) in [5.74, 6) is 0.355. The summed E-state index contributed by atoms with van der Waals surface area (Å²) in [6.07, 6.45) is 0.533. The fraction of sp³-hybridized carbons (Fsp3) is 0.625. The van der Waals surface area contributed by atoms with Crippen molar-refractivity contribution in [3.05, 3.63) is 23.3 Å². The van der Waals surface area contributed by atoms with E-state index in [4.69, 9.17) is 5.11 Å². The van der Waals surface area contributed by atoms with Crippen LogP contribution in [-0.4, -0.2) is 55.2 Å².